The summed E-state index contributed by atoms with van der Waals surface area (Å²) in [5, 5.41) is 0. The average molecular weight is 247 g/mol. The lowest BCUT2D eigenvalue weighted by Gasteiger charge is -2.03. The summed E-state index contributed by atoms with van der Waals surface area (Å²) >= 11 is 1.82. The van der Waals surface area contributed by atoms with Gasteiger partial charge in [-0.2, -0.15) is 11.8 Å². The molecule has 3 rings (SSSR count). The molecule has 0 aliphatic carbocycles. The van der Waals surface area contributed by atoms with Gasteiger partial charge < -0.3 is 10.2 Å². The van der Waals surface area contributed by atoms with E-state index in [9.17, 15) is 0 Å². The number of fused-ring (bicyclic) bond motifs is 1. The molecule has 0 radical (unpaired) electrons. The van der Waals surface area contributed by atoms with Crippen molar-refractivity contribution in [3.8, 4) is 11.6 Å². The van der Waals surface area contributed by atoms with Crippen LogP contribution in [0.25, 0.3) is 11.6 Å². The predicted molar refractivity (Wildman–Crippen MR) is 68.5 cm³/mol. The maximum atomic E-state index is 5.94. The van der Waals surface area contributed by atoms with E-state index >= 15 is 0 Å². The van der Waals surface area contributed by atoms with E-state index in [0.29, 0.717) is 17.4 Å². The van der Waals surface area contributed by atoms with Gasteiger partial charge in [-0.25, -0.2) is 9.97 Å². The molecule has 4 nitrogen and oxygen atoms in total. The highest BCUT2D eigenvalue weighted by molar-refractivity contribution is 7.98. The highest BCUT2D eigenvalue weighted by Crippen LogP contribution is 2.33. The SMILES string of the molecule is CCc1ccc(-c2nc(N)c3c(n2)CSC3)o1. The van der Waals surface area contributed by atoms with Crippen LogP contribution in [0.5, 0.6) is 0 Å². The van der Waals surface area contributed by atoms with Crippen molar-refractivity contribution >= 4 is 17.6 Å². The largest absolute Gasteiger partial charge is 0.458 e. The highest BCUT2D eigenvalue weighted by Gasteiger charge is 2.19. The van der Waals surface area contributed by atoms with Crippen LogP contribution in [0.1, 0.15) is 23.9 Å². The number of hydrogen-bond donors (Lipinski definition) is 1. The van der Waals surface area contributed by atoms with E-state index in [-0.39, 0.29) is 0 Å². The smallest absolute Gasteiger partial charge is 0.197 e. The molecule has 0 unspecified atom stereocenters. The van der Waals surface area contributed by atoms with Gasteiger partial charge in [0, 0.05) is 23.5 Å². The van der Waals surface area contributed by atoms with Gasteiger partial charge in [0.05, 0.1) is 5.69 Å². The summed E-state index contributed by atoms with van der Waals surface area (Å²) in [7, 11) is 0. The van der Waals surface area contributed by atoms with Gasteiger partial charge in [0.2, 0.25) is 0 Å². The van der Waals surface area contributed by atoms with Crippen LogP contribution in [0.3, 0.4) is 0 Å². The van der Waals surface area contributed by atoms with Crippen LogP contribution in [0.2, 0.25) is 0 Å². The standard InChI is InChI=1S/C12H13N3OS/c1-2-7-3-4-10(16-7)12-14-9-6-17-5-8(9)11(13)15-12/h3-4H,2,5-6H2,1H3,(H2,13,14,15). The van der Waals surface area contributed by atoms with Crippen molar-refractivity contribution in [2.75, 3.05) is 5.73 Å². The third kappa shape index (κ3) is 1.80. The summed E-state index contributed by atoms with van der Waals surface area (Å²) in [6, 6.07) is 3.86. The van der Waals surface area contributed by atoms with Gasteiger partial charge in [0.15, 0.2) is 11.6 Å². The van der Waals surface area contributed by atoms with Crippen molar-refractivity contribution in [2.24, 2.45) is 0 Å². The first-order valence-electron chi connectivity index (χ1n) is 5.60. The number of aromatic nitrogens is 2. The van der Waals surface area contributed by atoms with Crippen LogP contribution in [0.4, 0.5) is 5.82 Å². The summed E-state index contributed by atoms with van der Waals surface area (Å²) in [5.41, 5.74) is 8.08. The molecule has 0 spiro atoms. The fourth-order valence-corrected chi connectivity index (χ4v) is 2.93. The molecule has 0 atom stereocenters. The molecule has 17 heavy (non-hydrogen) atoms. The molecule has 5 heteroatoms. The summed E-state index contributed by atoms with van der Waals surface area (Å²) in [5.74, 6) is 4.66. The Hall–Kier alpha value is -1.49. The zero-order valence-corrected chi connectivity index (χ0v) is 10.4. The number of rotatable bonds is 2. The molecule has 0 saturated heterocycles. The van der Waals surface area contributed by atoms with Crippen LogP contribution < -0.4 is 5.73 Å². The Morgan fingerprint density at radius 2 is 2.24 bits per heavy atom. The Morgan fingerprint density at radius 3 is 3.00 bits per heavy atom. The molecule has 0 amide bonds. The summed E-state index contributed by atoms with van der Waals surface area (Å²) < 4.78 is 5.65. The second-order valence-corrected chi connectivity index (χ2v) is 4.96. The van der Waals surface area contributed by atoms with Crippen molar-refractivity contribution in [1.82, 2.24) is 9.97 Å². The van der Waals surface area contributed by atoms with E-state index in [4.69, 9.17) is 10.2 Å². The number of nitrogen functional groups attached to an aromatic ring is 1. The minimum absolute atomic E-state index is 0.587. The number of hydrogen-bond acceptors (Lipinski definition) is 5. The number of nitrogens with two attached hydrogens (primary N) is 1. The lowest BCUT2D eigenvalue weighted by Crippen LogP contribution is -2.02. The van der Waals surface area contributed by atoms with Crippen molar-refractivity contribution < 1.29 is 4.42 Å². The minimum Gasteiger partial charge on any atom is -0.458 e. The maximum absolute atomic E-state index is 5.94. The third-order valence-electron chi connectivity index (χ3n) is 2.84. The molecular weight excluding hydrogens is 234 g/mol. The van der Waals surface area contributed by atoms with E-state index in [1.54, 1.807) is 0 Å². The molecule has 0 fully saturated rings. The van der Waals surface area contributed by atoms with Gasteiger partial charge in [0.25, 0.3) is 0 Å². The predicted octanol–water partition coefficient (Wildman–Crippen LogP) is 2.63. The van der Waals surface area contributed by atoms with E-state index in [1.165, 1.54) is 0 Å². The van der Waals surface area contributed by atoms with Gasteiger partial charge in [0.1, 0.15) is 11.6 Å². The fourth-order valence-electron chi connectivity index (χ4n) is 1.87. The molecule has 0 saturated carbocycles. The minimum atomic E-state index is 0.587. The molecule has 3 heterocycles. The van der Waals surface area contributed by atoms with Crippen LogP contribution in [-0.4, -0.2) is 9.97 Å². The van der Waals surface area contributed by atoms with E-state index < -0.39 is 0 Å². The Morgan fingerprint density at radius 1 is 1.35 bits per heavy atom. The van der Waals surface area contributed by atoms with E-state index in [0.717, 1.165) is 34.9 Å². The van der Waals surface area contributed by atoms with Crippen LogP contribution in [0.15, 0.2) is 16.5 Å². The zero-order valence-electron chi connectivity index (χ0n) is 9.56. The van der Waals surface area contributed by atoms with E-state index in [1.807, 2.05) is 23.9 Å². The Labute approximate surface area is 104 Å². The van der Waals surface area contributed by atoms with Crippen molar-refractivity contribution in [2.45, 2.75) is 24.9 Å². The van der Waals surface area contributed by atoms with Crippen molar-refractivity contribution in [3.05, 3.63) is 29.2 Å². The average Bonchev–Trinajstić information content (AvgIpc) is 2.97. The Balaban J connectivity index is 2.06. The normalized spacial score (nSPS) is 13.9. The Bertz CT molecular complexity index is 565. The second-order valence-electron chi connectivity index (χ2n) is 3.97. The molecule has 2 N–H and O–H groups in total. The Kier molecular flexibility index (Phi) is 2.55. The number of furan rings is 1. The van der Waals surface area contributed by atoms with Crippen molar-refractivity contribution in [1.29, 1.82) is 0 Å². The second kappa shape index (κ2) is 4.07. The van der Waals surface area contributed by atoms with Crippen LogP contribution in [0, 0.1) is 0 Å². The van der Waals surface area contributed by atoms with Gasteiger partial charge in [-0.3, -0.25) is 0 Å². The molecule has 1 aliphatic rings. The lowest BCUT2D eigenvalue weighted by molar-refractivity contribution is 0.525. The van der Waals surface area contributed by atoms with Gasteiger partial charge in [-0.1, -0.05) is 6.92 Å². The monoisotopic (exact) mass is 247 g/mol. The van der Waals surface area contributed by atoms with Crippen molar-refractivity contribution in [3.63, 3.8) is 0 Å². The third-order valence-corrected chi connectivity index (χ3v) is 3.81. The number of thioether (sulfide) groups is 1. The number of nitrogens with zero attached hydrogens (tertiary/aromatic N) is 2. The zero-order chi connectivity index (χ0) is 11.8. The molecular formula is C12H13N3OS. The topological polar surface area (TPSA) is 64.9 Å². The van der Waals surface area contributed by atoms with Gasteiger partial charge in [-0.15, -0.1) is 0 Å². The summed E-state index contributed by atoms with van der Waals surface area (Å²) in [6.07, 6.45) is 0.871. The lowest BCUT2D eigenvalue weighted by atomic mass is 10.2. The van der Waals surface area contributed by atoms with Crippen LogP contribution in [-0.2, 0) is 17.9 Å². The first kappa shape index (κ1) is 10.7. The molecule has 0 bridgehead atoms. The van der Waals surface area contributed by atoms with Gasteiger partial charge in [-0.05, 0) is 12.1 Å². The first-order chi connectivity index (χ1) is 8.28. The molecule has 88 valence electrons. The maximum Gasteiger partial charge on any atom is 0.197 e. The number of anilines is 1. The summed E-state index contributed by atoms with van der Waals surface area (Å²) in [6.45, 7) is 2.05. The molecule has 2 aromatic rings. The molecule has 1 aliphatic heterocycles. The fraction of sp³-hybridized carbons (Fsp3) is 0.333. The quantitative estimate of drug-likeness (QED) is 0.883. The summed E-state index contributed by atoms with van der Waals surface area (Å²) in [4.78, 5) is 8.85. The van der Waals surface area contributed by atoms with Gasteiger partial charge >= 0.3 is 0 Å². The first-order valence-corrected chi connectivity index (χ1v) is 6.75. The molecule has 0 aromatic carbocycles. The van der Waals surface area contributed by atoms with Crippen LogP contribution >= 0.6 is 11.8 Å². The van der Waals surface area contributed by atoms with E-state index in [2.05, 4.69) is 16.9 Å². The number of aryl methyl sites for hydroxylation is 1. The molecule has 2 aromatic heterocycles. The highest BCUT2D eigenvalue weighted by atomic mass is 32.2.